The van der Waals surface area contributed by atoms with E-state index in [4.69, 9.17) is 4.74 Å². The van der Waals surface area contributed by atoms with Crippen LogP contribution in [0.25, 0.3) is 21.6 Å². The van der Waals surface area contributed by atoms with Crippen LogP contribution in [-0.2, 0) is 18.6 Å². The maximum atomic E-state index is 5.24. The molecule has 9 heteroatoms. The van der Waals surface area contributed by atoms with Crippen LogP contribution in [0.5, 0.6) is 5.75 Å². The molecule has 4 heterocycles. The van der Waals surface area contributed by atoms with Gasteiger partial charge in [0, 0.05) is 10.6 Å². The maximum absolute atomic E-state index is 5.24. The molecule has 0 N–H and O–H groups in total. The molecule has 1 aliphatic carbocycles. The van der Waals surface area contributed by atoms with Gasteiger partial charge in [0.15, 0.2) is 10.8 Å². The number of fused-ring (bicyclic) bond motifs is 8. The molecule has 1 aliphatic rings. The average Bonchev–Trinajstić information content (AvgIpc) is 3.47. The summed E-state index contributed by atoms with van der Waals surface area (Å²) in [4.78, 5) is 7.17. The van der Waals surface area contributed by atoms with Crippen LogP contribution in [0.2, 0.25) is 0 Å². The molecule has 140 valence electrons. The summed E-state index contributed by atoms with van der Waals surface area (Å²) in [5, 5.41) is 15.4. The van der Waals surface area contributed by atoms with Crippen molar-refractivity contribution in [2.45, 2.75) is 30.2 Å². The second-order valence-electron chi connectivity index (χ2n) is 6.79. The molecule has 0 unspecified atom stereocenters. The Kier molecular flexibility index (Phi) is 3.60. The van der Waals surface area contributed by atoms with Crippen LogP contribution in [0.1, 0.15) is 22.4 Å². The van der Waals surface area contributed by atoms with Crippen molar-refractivity contribution >= 4 is 44.7 Å². The Balaban J connectivity index is 1.49. The molecule has 5 aromatic rings. The van der Waals surface area contributed by atoms with Gasteiger partial charge in [0.25, 0.3) is 5.78 Å². The molecule has 6 rings (SSSR count). The number of ether oxygens (including phenoxy) is 1. The van der Waals surface area contributed by atoms with Gasteiger partial charge in [0.05, 0.1) is 12.5 Å². The summed E-state index contributed by atoms with van der Waals surface area (Å²) in [5.41, 5.74) is 3.54. The Bertz CT molecular complexity index is 1330. The number of hydrogen-bond donors (Lipinski definition) is 0. The SMILES string of the molecule is COc1ccc(CSc2nnc3n4ncnc4c4c5c(sc4n23)CCC5)cc1. The van der Waals surface area contributed by atoms with Gasteiger partial charge in [0.2, 0.25) is 0 Å². The highest BCUT2D eigenvalue weighted by Gasteiger charge is 2.25. The summed E-state index contributed by atoms with van der Waals surface area (Å²) in [6.45, 7) is 0. The van der Waals surface area contributed by atoms with Crippen molar-refractivity contribution in [3.05, 3.63) is 46.6 Å². The third-order valence-corrected chi connectivity index (χ3v) is 7.49. The number of rotatable bonds is 4. The zero-order chi connectivity index (χ0) is 18.7. The molecule has 28 heavy (non-hydrogen) atoms. The quantitative estimate of drug-likeness (QED) is 0.422. The first kappa shape index (κ1) is 16.3. The van der Waals surface area contributed by atoms with E-state index in [1.54, 1.807) is 25.2 Å². The standard InChI is InChI=1S/C19H16N6OS2/c1-26-12-7-5-11(6-8-12)9-27-19-23-22-18-24(19)17-15(16-20-10-21-25(16)18)13-3-2-4-14(13)28-17/h5-8,10H,2-4,9H2,1H3. The average molecular weight is 409 g/mol. The van der Waals surface area contributed by atoms with Crippen LogP contribution < -0.4 is 4.74 Å². The number of thioether (sulfide) groups is 1. The molecule has 4 aromatic heterocycles. The first-order valence-electron chi connectivity index (χ1n) is 9.10. The molecule has 0 spiro atoms. The maximum Gasteiger partial charge on any atom is 0.260 e. The van der Waals surface area contributed by atoms with Gasteiger partial charge in [-0.15, -0.1) is 21.5 Å². The lowest BCUT2D eigenvalue weighted by Crippen LogP contribution is -1.99. The predicted molar refractivity (Wildman–Crippen MR) is 109 cm³/mol. The zero-order valence-electron chi connectivity index (χ0n) is 15.1. The minimum atomic E-state index is 0.720. The number of benzene rings is 1. The molecular weight excluding hydrogens is 392 g/mol. The van der Waals surface area contributed by atoms with Gasteiger partial charge in [0.1, 0.15) is 16.9 Å². The minimum Gasteiger partial charge on any atom is -0.497 e. The van der Waals surface area contributed by atoms with Crippen LogP contribution in [-0.4, -0.2) is 36.3 Å². The third-order valence-electron chi connectivity index (χ3n) is 5.21. The largest absolute Gasteiger partial charge is 0.497 e. The molecule has 0 atom stereocenters. The second kappa shape index (κ2) is 6.18. The fourth-order valence-electron chi connectivity index (χ4n) is 3.88. The summed E-state index contributed by atoms with van der Waals surface area (Å²) in [6.07, 6.45) is 5.08. The van der Waals surface area contributed by atoms with Gasteiger partial charge < -0.3 is 4.74 Å². The molecule has 1 aromatic carbocycles. The van der Waals surface area contributed by atoms with Gasteiger partial charge in [-0.2, -0.15) is 9.61 Å². The normalized spacial score (nSPS) is 13.8. The van der Waals surface area contributed by atoms with Crippen LogP contribution >= 0.6 is 23.1 Å². The topological polar surface area (TPSA) is 69.6 Å². The van der Waals surface area contributed by atoms with Gasteiger partial charge in [-0.05, 0) is 42.5 Å². The molecule has 0 saturated heterocycles. The van der Waals surface area contributed by atoms with Crippen molar-refractivity contribution in [3.63, 3.8) is 0 Å². The van der Waals surface area contributed by atoms with Crippen LogP contribution in [0.3, 0.4) is 0 Å². The van der Waals surface area contributed by atoms with Crippen LogP contribution in [0, 0.1) is 0 Å². The monoisotopic (exact) mass is 408 g/mol. The summed E-state index contributed by atoms with van der Waals surface area (Å²) in [5.74, 6) is 2.40. The molecule has 0 aliphatic heterocycles. The number of aryl methyl sites for hydroxylation is 2. The number of thiophene rings is 1. The molecule has 0 saturated carbocycles. The van der Waals surface area contributed by atoms with E-state index in [2.05, 4.69) is 36.8 Å². The highest BCUT2D eigenvalue weighted by atomic mass is 32.2. The van der Waals surface area contributed by atoms with Crippen molar-refractivity contribution in [2.75, 3.05) is 7.11 Å². The number of aromatic nitrogens is 6. The van der Waals surface area contributed by atoms with Crippen molar-refractivity contribution in [3.8, 4) is 5.75 Å². The van der Waals surface area contributed by atoms with Crippen molar-refractivity contribution < 1.29 is 4.74 Å². The number of nitrogens with zero attached hydrogens (tertiary/aromatic N) is 6. The van der Waals surface area contributed by atoms with E-state index in [0.717, 1.165) is 40.9 Å². The molecule has 0 amide bonds. The molecular formula is C19H16N6OS2. The van der Waals surface area contributed by atoms with Gasteiger partial charge in [-0.1, -0.05) is 23.9 Å². The molecule has 0 radical (unpaired) electrons. The van der Waals surface area contributed by atoms with E-state index in [-0.39, 0.29) is 0 Å². The molecule has 7 nitrogen and oxygen atoms in total. The summed E-state index contributed by atoms with van der Waals surface area (Å²) >= 11 is 3.54. The zero-order valence-corrected chi connectivity index (χ0v) is 16.8. The van der Waals surface area contributed by atoms with Gasteiger partial charge in [-0.25, -0.2) is 9.38 Å². The van der Waals surface area contributed by atoms with Crippen molar-refractivity contribution in [2.24, 2.45) is 0 Å². The smallest absolute Gasteiger partial charge is 0.260 e. The number of hydrogen-bond acceptors (Lipinski definition) is 7. The number of methoxy groups -OCH3 is 1. The van der Waals surface area contributed by atoms with Gasteiger partial charge in [-0.3, -0.25) is 0 Å². The van der Waals surface area contributed by atoms with Gasteiger partial charge >= 0.3 is 0 Å². The second-order valence-corrected chi connectivity index (χ2v) is 8.81. The molecule has 0 fully saturated rings. The van der Waals surface area contributed by atoms with E-state index in [1.165, 1.54) is 32.6 Å². The van der Waals surface area contributed by atoms with E-state index in [9.17, 15) is 0 Å². The van der Waals surface area contributed by atoms with E-state index < -0.39 is 0 Å². The predicted octanol–water partition coefficient (Wildman–Crippen LogP) is 3.78. The van der Waals surface area contributed by atoms with Crippen molar-refractivity contribution in [1.29, 1.82) is 0 Å². The molecule has 0 bridgehead atoms. The third kappa shape index (κ3) is 2.29. The highest BCUT2D eigenvalue weighted by molar-refractivity contribution is 7.98. The van der Waals surface area contributed by atoms with Crippen LogP contribution in [0.4, 0.5) is 0 Å². The Hall–Kier alpha value is -2.65. The highest BCUT2D eigenvalue weighted by Crippen LogP contribution is 2.40. The first-order valence-corrected chi connectivity index (χ1v) is 10.9. The van der Waals surface area contributed by atoms with Crippen LogP contribution in [0.15, 0.2) is 35.7 Å². The fraction of sp³-hybridized carbons (Fsp3) is 0.263. The first-order chi connectivity index (χ1) is 13.8. The van der Waals surface area contributed by atoms with Crippen molar-refractivity contribution in [1.82, 2.24) is 29.2 Å². The Morgan fingerprint density at radius 3 is 2.93 bits per heavy atom. The summed E-state index contributed by atoms with van der Waals surface area (Å²) in [6, 6.07) is 8.14. The lowest BCUT2D eigenvalue weighted by atomic mass is 10.2. The lowest BCUT2D eigenvalue weighted by molar-refractivity contribution is 0.414. The Morgan fingerprint density at radius 1 is 1.18 bits per heavy atom. The van der Waals surface area contributed by atoms with E-state index in [1.807, 2.05) is 28.0 Å². The summed E-state index contributed by atoms with van der Waals surface area (Å²) in [7, 11) is 1.68. The minimum absolute atomic E-state index is 0.720. The van der Waals surface area contributed by atoms with E-state index in [0.29, 0.717) is 0 Å². The van der Waals surface area contributed by atoms with E-state index >= 15 is 0 Å². The lowest BCUT2D eigenvalue weighted by Gasteiger charge is -2.05. The fourth-order valence-corrected chi connectivity index (χ4v) is 6.21. The Morgan fingerprint density at radius 2 is 2.07 bits per heavy atom. The summed E-state index contributed by atoms with van der Waals surface area (Å²) < 4.78 is 9.21. The Labute approximate surface area is 168 Å².